The molecule has 1 aromatic heterocycles. The standard InChI is InChI=1S/C18H27N5O2/c1-12(2)14-10-15(25-21-14)17(24)23-8-5-18(6-9-23)16-13(19-11-20-16)4-7-22(18)3/h11-12,15H,4-10H2,1-3H3,(H,19,20)/t15-/m1/s1. The van der Waals surface area contributed by atoms with Crippen molar-refractivity contribution in [2.75, 3.05) is 26.7 Å². The molecule has 0 aliphatic carbocycles. The summed E-state index contributed by atoms with van der Waals surface area (Å²) < 4.78 is 0. The molecular formula is C18H27N5O2. The number of aromatic nitrogens is 2. The van der Waals surface area contributed by atoms with E-state index in [9.17, 15) is 4.79 Å². The van der Waals surface area contributed by atoms with Gasteiger partial charge in [0, 0.05) is 38.2 Å². The first kappa shape index (κ1) is 16.6. The van der Waals surface area contributed by atoms with Crippen molar-refractivity contribution in [2.24, 2.45) is 11.1 Å². The minimum atomic E-state index is -0.434. The number of carbonyl (C=O) groups excluding carboxylic acids is 1. The topological polar surface area (TPSA) is 73.8 Å². The summed E-state index contributed by atoms with van der Waals surface area (Å²) in [6.07, 6.45) is 4.84. The molecule has 1 atom stereocenters. The predicted octanol–water partition coefficient (Wildman–Crippen LogP) is 1.52. The number of amides is 1. The van der Waals surface area contributed by atoms with Crippen LogP contribution < -0.4 is 0 Å². The predicted molar refractivity (Wildman–Crippen MR) is 94.2 cm³/mol. The van der Waals surface area contributed by atoms with E-state index in [1.165, 1.54) is 11.4 Å². The number of nitrogens with zero attached hydrogens (tertiary/aromatic N) is 4. The Morgan fingerprint density at radius 2 is 2.12 bits per heavy atom. The number of piperidine rings is 1. The molecule has 7 nitrogen and oxygen atoms in total. The normalized spacial score (nSPS) is 25.8. The highest BCUT2D eigenvalue weighted by molar-refractivity contribution is 5.93. The Morgan fingerprint density at radius 1 is 1.36 bits per heavy atom. The van der Waals surface area contributed by atoms with E-state index in [0.717, 1.165) is 44.6 Å². The van der Waals surface area contributed by atoms with Gasteiger partial charge >= 0.3 is 0 Å². The summed E-state index contributed by atoms with van der Waals surface area (Å²) in [6.45, 7) is 6.68. The minimum absolute atomic E-state index is 0.0412. The Kier molecular flexibility index (Phi) is 4.06. The number of likely N-dealkylation sites (tertiary alicyclic amines) is 1. The monoisotopic (exact) mass is 345 g/mol. The second-order valence-electron chi connectivity index (χ2n) is 7.79. The molecule has 0 bridgehead atoms. The first-order valence-electron chi connectivity index (χ1n) is 9.26. The third kappa shape index (κ3) is 2.65. The first-order valence-corrected chi connectivity index (χ1v) is 9.26. The van der Waals surface area contributed by atoms with Crippen molar-refractivity contribution < 1.29 is 9.63 Å². The van der Waals surface area contributed by atoms with Gasteiger partial charge in [0.15, 0.2) is 0 Å². The molecule has 0 aromatic carbocycles. The van der Waals surface area contributed by atoms with E-state index < -0.39 is 6.10 Å². The zero-order valence-electron chi connectivity index (χ0n) is 15.3. The van der Waals surface area contributed by atoms with E-state index >= 15 is 0 Å². The zero-order valence-corrected chi connectivity index (χ0v) is 15.3. The van der Waals surface area contributed by atoms with Gasteiger partial charge in [-0.3, -0.25) is 9.69 Å². The number of fused-ring (bicyclic) bond motifs is 2. The van der Waals surface area contributed by atoms with Gasteiger partial charge in [-0.25, -0.2) is 4.98 Å². The van der Waals surface area contributed by atoms with Crippen LogP contribution in [0.4, 0.5) is 0 Å². The molecule has 4 heterocycles. The van der Waals surface area contributed by atoms with Crippen molar-refractivity contribution >= 4 is 11.6 Å². The van der Waals surface area contributed by atoms with E-state index in [1.807, 2.05) is 4.90 Å². The van der Waals surface area contributed by atoms with Crippen molar-refractivity contribution in [3.8, 4) is 0 Å². The zero-order chi connectivity index (χ0) is 17.6. The molecule has 136 valence electrons. The molecule has 1 spiro atoms. The molecule has 1 amide bonds. The average molecular weight is 345 g/mol. The number of imidazole rings is 1. The fourth-order valence-electron chi connectivity index (χ4n) is 4.38. The summed E-state index contributed by atoms with van der Waals surface area (Å²) in [5.41, 5.74) is 3.38. The Balaban J connectivity index is 1.43. The maximum absolute atomic E-state index is 12.8. The Bertz CT molecular complexity index is 687. The van der Waals surface area contributed by atoms with Crippen molar-refractivity contribution in [1.29, 1.82) is 0 Å². The number of aromatic amines is 1. The third-order valence-corrected chi connectivity index (χ3v) is 6.12. The van der Waals surface area contributed by atoms with Gasteiger partial charge in [0.25, 0.3) is 5.91 Å². The molecule has 4 rings (SSSR count). The average Bonchev–Trinajstić information content (AvgIpc) is 3.28. The minimum Gasteiger partial charge on any atom is -0.382 e. The number of carbonyl (C=O) groups is 1. The lowest BCUT2D eigenvalue weighted by atomic mass is 9.79. The molecule has 3 aliphatic rings. The number of oxime groups is 1. The van der Waals surface area contributed by atoms with E-state index in [2.05, 4.69) is 40.9 Å². The second kappa shape index (κ2) is 6.12. The summed E-state index contributed by atoms with van der Waals surface area (Å²) in [5, 5.41) is 4.10. The number of likely N-dealkylation sites (N-methyl/N-ethyl adjacent to an activating group) is 1. The number of H-pyrrole nitrogens is 1. The van der Waals surface area contributed by atoms with Gasteiger partial charge in [0.1, 0.15) is 0 Å². The molecule has 1 N–H and O–H groups in total. The Labute approximate surface area is 148 Å². The van der Waals surface area contributed by atoms with Gasteiger partial charge in [-0.15, -0.1) is 0 Å². The number of nitrogens with one attached hydrogen (secondary N) is 1. The molecular weight excluding hydrogens is 318 g/mol. The Morgan fingerprint density at radius 3 is 2.80 bits per heavy atom. The first-order chi connectivity index (χ1) is 12.0. The molecule has 1 fully saturated rings. The van der Waals surface area contributed by atoms with Crippen LogP contribution in [0.15, 0.2) is 11.5 Å². The van der Waals surface area contributed by atoms with E-state index in [0.29, 0.717) is 12.3 Å². The van der Waals surface area contributed by atoms with E-state index in [-0.39, 0.29) is 11.4 Å². The third-order valence-electron chi connectivity index (χ3n) is 6.12. The van der Waals surface area contributed by atoms with Gasteiger partial charge in [0.05, 0.1) is 23.3 Å². The van der Waals surface area contributed by atoms with Crippen molar-refractivity contribution in [2.45, 2.75) is 51.2 Å². The van der Waals surface area contributed by atoms with Crippen LogP contribution in [0.2, 0.25) is 0 Å². The summed E-state index contributed by atoms with van der Waals surface area (Å²) >= 11 is 0. The quantitative estimate of drug-likeness (QED) is 0.882. The number of hydrogen-bond acceptors (Lipinski definition) is 5. The summed E-state index contributed by atoms with van der Waals surface area (Å²) in [7, 11) is 2.18. The van der Waals surface area contributed by atoms with Crippen molar-refractivity contribution in [1.82, 2.24) is 19.8 Å². The van der Waals surface area contributed by atoms with E-state index in [4.69, 9.17) is 4.84 Å². The summed E-state index contributed by atoms with van der Waals surface area (Å²) in [5.74, 6) is 0.409. The number of hydrogen-bond donors (Lipinski definition) is 1. The van der Waals surface area contributed by atoms with Gasteiger partial charge < -0.3 is 14.7 Å². The van der Waals surface area contributed by atoms with Crippen LogP contribution in [0.3, 0.4) is 0 Å². The largest absolute Gasteiger partial charge is 0.382 e. The molecule has 0 radical (unpaired) electrons. The van der Waals surface area contributed by atoms with Crippen LogP contribution in [-0.4, -0.2) is 64.2 Å². The van der Waals surface area contributed by atoms with Gasteiger partial charge in [-0.2, -0.15) is 0 Å². The summed E-state index contributed by atoms with van der Waals surface area (Å²) in [4.78, 5) is 30.5. The highest BCUT2D eigenvalue weighted by atomic mass is 16.6. The van der Waals surface area contributed by atoms with Crippen LogP contribution in [0.25, 0.3) is 0 Å². The molecule has 0 unspecified atom stereocenters. The molecule has 25 heavy (non-hydrogen) atoms. The van der Waals surface area contributed by atoms with Crippen LogP contribution in [-0.2, 0) is 21.6 Å². The highest BCUT2D eigenvalue weighted by Gasteiger charge is 2.46. The molecule has 1 aromatic rings. The molecule has 7 heteroatoms. The summed E-state index contributed by atoms with van der Waals surface area (Å²) in [6, 6.07) is 0. The fraction of sp³-hybridized carbons (Fsp3) is 0.722. The maximum atomic E-state index is 12.8. The highest BCUT2D eigenvalue weighted by Crippen LogP contribution is 2.41. The van der Waals surface area contributed by atoms with Crippen LogP contribution in [0.1, 0.15) is 44.5 Å². The van der Waals surface area contributed by atoms with Crippen LogP contribution in [0.5, 0.6) is 0 Å². The van der Waals surface area contributed by atoms with Crippen LogP contribution in [0, 0.1) is 5.92 Å². The van der Waals surface area contributed by atoms with Gasteiger partial charge in [-0.05, 0) is 25.8 Å². The lowest BCUT2D eigenvalue weighted by Gasteiger charge is -2.49. The van der Waals surface area contributed by atoms with E-state index in [1.54, 1.807) is 6.33 Å². The second-order valence-corrected chi connectivity index (χ2v) is 7.79. The van der Waals surface area contributed by atoms with Gasteiger partial charge in [-0.1, -0.05) is 19.0 Å². The lowest BCUT2D eigenvalue weighted by molar-refractivity contribution is -0.145. The van der Waals surface area contributed by atoms with Gasteiger partial charge in [0.2, 0.25) is 6.10 Å². The maximum Gasteiger partial charge on any atom is 0.266 e. The molecule has 3 aliphatic heterocycles. The van der Waals surface area contributed by atoms with Crippen molar-refractivity contribution in [3.05, 3.63) is 17.7 Å². The van der Waals surface area contributed by atoms with Crippen LogP contribution >= 0.6 is 0 Å². The number of rotatable bonds is 2. The Hall–Kier alpha value is -1.89. The van der Waals surface area contributed by atoms with Crippen molar-refractivity contribution in [3.63, 3.8) is 0 Å². The molecule has 1 saturated heterocycles. The smallest absolute Gasteiger partial charge is 0.266 e. The SMILES string of the molecule is CC(C)C1=NO[C@@H](C(=O)N2CCC3(CC2)c2nc[nH]c2CCN3C)C1. The lowest BCUT2D eigenvalue weighted by Crippen LogP contribution is -2.56. The molecule has 0 saturated carbocycles. The fourth-order valence-corrected chi connectivity index (χ4v) is 4.38.